The Hall–Kier alpha value is -0.410. The van der Waals surface area contributed by atoms with Gasteiger partial charge < -0.3 is 9.53 Å². The molecule has 0 amide bonds. The fourth-order valence-corrected chi connectivity index (χ4v) is 1.17. The summed E-state index contributed by atoms with van der Waals surface area (Å²) in [4.78, 5) is 12.4. The number of hydrogen-bond donors (Lipinski definition) is 0. The first kappa shape index (κ1) is 8.68. The molecular weight excluding hydrogens is 142 g/mol. The van der Waals surface area contributed by atoms with Crippen LogP contribution in [0.2, 0.25) is 0 Å². The third-order valence-corrected chi connectivity index (χ3v) is 1.95. The fourth-order valence-electron chi connectivity index (χ4n) is 1.17. The van der Waals surface area contributed by atoms with Gasteiger partial charge in [-0.25, -0.2) is 0 Å². The van der Waals surface area contributed by atoms with Crippen LogP contribution < -0.4 is 0 Å². The zero-order chi connectivity index (χ0) is 8.10. The Bertz CT molecular complexity index is 123. The van der Waals surface area contributed by atoms with Gasteiger partial charge in [0.05, 0.1) is 13.2 Å². The van der Waals surface area contributed by atoms with Crippen molar-refractivity contribution in [3.8, 4) is 0 Å². The van der Waals surface area contributed by atoms with Crippen molar-refractivity contribution < 1.29 is 9.53 Å². The minimum Gasteiger partial charge on any atom is -0.383 e. The van der Waals surface area contributed by atoms with Gasteiger partial charge in [-0.1, -0.05) is 0 Å². The van der Waals surface area contributed by atoms with Gasteiger partial charge in [-0.15, -0.1) is 0 Å². The molecule has 0 spiro atoms. The maximum Gasteiger partial charge on any atom is 0.133 e. The van der Waals surface area contributed by atoms with E-state index in [1.165, 1.54) is 12.8 Å². The maximum atomic E-state index is 10.2. The van der Waals surface area contributed by atoms with Crippen molar-refractivity contribution in [2.45, 2.75) is 18.9 Å². The normalized spacial score (nSPS) is 17.3. The van der Waals surface area contributed by atoms with Gasteiger partial charge in [0.1, 0.15) is 6.29 Å². The number of methoxy groups -OCH3 is 1. The molecule has 0 bridgehead atoms. The number of ether oxygens (including phenoxy) is 1. The van der Waals surface area contributed by atoms with Gasteiger partial charge >= 0.3 is 0 Å². The third kappa shape index (κ3) is 2.99. The Labute approximate surface area is 67.3 Å². The summed E-state index contributed by atoms with van der Waals surface area (Å²) < 4.78 is 4.94. The Kier molecular flexibility index (Phi) is 3.52. The predicted octanol–water partition coefficient (Wildman–Crippen LogP) is 0.296. The van der Waals surface area contributed by atoms with E-state index >= 15 is 0 Å². The summed E-state index contributed by atoms with van der Waals surface area (Å²) >= 11 is 0. The molecule has 0 N–H and O–H groups in total. The van der Waals surface area contributed by atoms with E-state index in [1.807, 2.05) is 0 Å². The summed E-state index contributed by atoms with van der Waals surface area (Å²) in [5, 5.41) is 0. The van der Waals surface area contributed by atoms with E-state index in [-0.39, 0.29) is 0 Å². The molecule has 0 heterocycles. The number of rotatable bonds is 6. The van der Waals surface area contributed by atoms with Gasteiger partial charge in [0.25, 0.3) is 0 Å². The molecule has 0 aromatic rings. The second kappa shape index (κ2) is 4.46. The highest BCUT2D eigenvalue weighted by molar-refractivity contribution is 5.52. The molecule has 0 radical (unpaired) electrons. The highest BCUT2D eigenvalue weighted by Crippen LogP contribution is 2.25. The van der Waals surface area contributed by atoms with Crippen LogP contribution >= 0.6 is 0 Å². The number of nitrogens with zero attached hydrogens (tertiary/aromatic N) is 1. The lowest BCUT2D eigenvalue weighted by atomic mass is 10.4. The molecule has 64 valence electrons. The second-order valence-electron chi connectivity index (χ2n) is 2.89. The highest BCUT2D eigenvalue weighted by atomic mass is 16.5. The SMILES string of the molecule is COCCN(CC=O)C1CC1. The predicted molar refractivity (Wildman–Crippen MR) is 42.5 cm³/mol. The molecule has 0 aliphatic heterocycles. The topological polar surface area (TPSA) is 29.5 Å². The molecule has 0 atom stereocenters. The average molecular weight is 157 g/mol. The largest absolute Gasteiger partial charge is 0.383 e. The summed E-state index contributed by atoms with van der Waals surface area (Å²) in [5.74, 6) is 0. The Morgan fingerprint density at radius 3 is 2.82 bits per heavy atom. The molecule has 0 unspecified atom stereocenters. The fraction of sp³-hybridized carbons (Fsp3) is 0.875. The van der Waals surface area contributed by atoms with Gasteiger partial charge in [0, 0.05) is 19.7 Å². The van der Waals surface area contributed by atoms with Gasteiger partial charge in [0.2, 0.25) is 0 Å². The van der Waals surface area contributed by atoms with E-state index in [4.69, 9.17) is 4.74 Å². The summed E-state index contributed by atoms with van der Waals surface area (Å²) in [6, 6.07) is 0.662. The molecule has 1 aliphatic rings. The lowest BCUT2D eigenvalue weighted by Gasteiger charge is -2.17. The number of aldehydes is 1. The molecule has 0 saturated heterocycles. The molecule has 0 aromatic heterocycles. The number of carbonyl (C=O) groups is 1. The third-order valence-electron chi connectivity index (χ3n) is 1.95. The maximum absolute atomic E-state index is 10.2. The second-order valence-corrected chi connectivity index (χ2v) is 2.89. The van der Waals surface area contributed by atoms with Crippen LogP contribution in [0.4, 0.5) is 0 Å². The first-order chi connectivity index (χ1) is 5.38. The first-order valence-corrected chi connectivity index (χ1v) is 4.05. The van der Waals surface area contributed by atoms with Crippen LogP contribution in [0, 0.1) is 0 Å². The monoisotopic (exact) mass is 157 g/mol. The van der Waals surface area contributed by atoms with Crippen molar-refractivity contribution in [3.05, 3.63) is 0 Å². The van der Waals surface area contributed by atoms with E-state index in [2.05, 4.69) is 4.90 Å². The van der Waals surface area contributed by atoms with Gasteiger partial charge in [-0.2, -0.15) is 0 Å². The Morgan fingerprint density at radius 2 is 2.36 bits per heavy atom. The summed E-state index contributed by atoms with van der Waals surface area (Å²) in [6.07, 6.45) is 3.46. The minimum atomic E-state index is 0.564. The molecule has 11 heavy (non-hydrogen) atoms. The highest BCUT2D eigenvalue weighted by Gasteiger charge is 2.27. The molecule has 3 nitrogen and oxygen atoms in total. The smallest absolute Gasteiger partial charge is 0.133 e. The minimum absolute atomic E-state index is 0.564. The molecule has 1 rings (SSSR count). The van der Waals surface area contributed by atoms with Crippen molar-refractivity contribution >= 4 is 6.29 Å². The van der Waals surface area contributed by atoms with Crippen LogP contribution in [-0.2, 0) is 9.53 Å². The van der Waals surface area contributed by atoms with E-state index < -0.39 is 0 Å². The number of hydrogen-bond acceptors (Lipinski definition) is 3. The number of carbonyl (C=O) groups excluding carboxylic acids is 1. The zero-order valence-corrected chi connectivity index (χ0v) is 6.95. The van der Waals surface area contributed by atoms with Crippen molar-refractivity contribution in [2.24, 2.45) is 0 Å². The lowest BCUT2D eigenvalue weighted by Crippen LogP contribution is -2.31. The van der Waals surface area contributed by atoms with E-state index in [1.54, 1.807) is 7.11 Å². The summed E-state index contributed by atoms with van der Waals surface area (Å²) in [6.45, 7) is 2.18. The quantitative estimate of drug-likeness (QED) is 0.519. The summed E-state index contributed by atoms with van der Waals surface area (Å²) in [7, 11) is 1.69. The van der Waals surface area contributed by atoms with Crippen LogP contribution in [0.3, 0.4) is 0 Å². The first-order valence-electron chi connectivity index (χ1n) is 4.05. The van der Waals surface area contributed by atoms with Crippen LogP contribution in [0.25, 0.3) is 0 Å². The molecular formula is C8H15NO2. The Balaban J connectivity index is 2.15. The zero-order valence-electron chi connectivity index (χ0n) is 6.95. The van der Waals surface area contributed by atoms with Gasteiger partial charge in [-0.3, -0.25) is 4.90 Å². The van der Waals surface area contributed by atoms with Crippen molar-refractivity contribution in [2.75, 3.05) is 26.8 Å². The Morgan fingerprint density at radius 1 is 1.64 bits per heavy atom. The molecule has 1 aliphatic carbocycles. The van der Waals surface area contributed by atoms with Gasteiger partial charge in [-0.05, 0) is 12.8 Å². The van der Waals surface area contributed by atoms with Crippen LogP contribution in [-0.4, -0.2) is 44.0 Å². The van der Waals surface area contributed by atoms with E-state index in [0.717, 1.165) is 19.4 Å². The summed E-state index contributed by atoms with van der Waals surface area (Å²) in [5.41, 5.74) is 0. The van der Waals surface area contributed by atoms with E-state index in [9.17, 15) is 4.79 Å². The van der Waals surface area contributed by atoms with Crippen LogP contribution in [0.15, 0.2) is 0 Å². The average Bonchev–Trinajstić information content (AvgIpc) is 2.80. The van der Waals surface area contributed by atoms with Crippen molar-refractivity contribution in [1.29, 1.82) is 0 Å². The standard InChI is InChI=1S/C8H15NO2/c1-11-7-5-9(4-6-10)8-2-3-8/h6,8H,2-5,7H2,1H3. The van der Waals surface area contributed by atoms with Crippen molar-refractivity contribution in [1.82, 2.24) is 4.90 Å². The molecule has 1 fully saturated rings. The molecule has 3 heteroatoms. The van der Waals surface area contributed by atoms with E-state index in [0.29, 0.717) is 12.6 Å². The van der Waals surface area contributed by atoms with Gasteiger partial charge in [0.15, 0.2) is 0 Å². The molecule has 1 saturated carbocycles. The van der Waals surface area contributed by atoms with Crippen LogP contribution in [0.1, 0.15) is 12.8 Å². The molecule has 0 aromatic carbocycles. The van der Waals surface area contributed by atoms with Crippen LogP contribution in [0.5, 0.6) is 0 Å². The lowest BCUT2D eigenvalue weighted by molar-refractivity contribution is -0.109. The van der Waals surface area contributed by atoms with Crippen molar-refractivity contribution in [3.63, 3.8) is 0 Å².